The first kappa shape index (κ1) is 17.8. The highest BCUT2D eigenvalue weighted by Crippen LogP contribution is 2.34. The first-order valence-electron chi connectivity index (χ1n) is 8.94. The van der Waals surface area contributed by atoms with Crippen molar-refractivity contribution in [3.05, 3.63) is 35.4 Å². The summed E-state index contributed by atoms with van der Waals surface area (Å²) in [7, 11) is 0. The van der Waals surface area contributed by atoms with Crippen LogP contribution in [0.1, 0.15) is 70.6 Å². The second-order valence-corrected chi connectivity index (χ2v) is 7.76. The molecule has 23 heavy (non-hydrogen) atoms. The number of ether oxygens (including phenoxy) is 1. The zero-order valence-electron chi connectivity index (χ0n) is 15.1. The number of hydrogen-bond donors (Lipinski definition) is 0. The third-order valence-electron chi connectivity index (χ3n) is 4.49. The maximum Gasteiger partial charge on any atom is 0.410 e. The molecular weight excluding hydrogens is 286 g/mol. The van der Waals surface area contributed by atoms with E-state index in [1.807, 2.05) is 11.0 Å². The van der Waals surface area contributed by atoms with Gasteiger partial charge in [0.2, 0.25) is 0 Å². The summed E-state index contributed by atoms with van der Waals surface area (Å²) in [5.74, 6) is 0. The molecule has 0 saturated carbocycles. The molecule has 0 aliphatic heterocycles. The van der Waals surface area contributed by atoms with Crippen LogP contribution in [0.3, 0.4) is 0 Å². The van der Waals surface area contributed by atoms with E-state index in [4.69, 9.17) is 4.74 Å². The SMILES string of the molecule is CCCCN(CCC(C)(C)C)C(=O)OC1CCc2ccccc21. The number of amides is 1. The number of fused-ring (bicyclic) bond motifs is 1. The quantitative estimate of drug-likeness (QED) is 0.708. The van der Waals surface area contributed by atoms with Gasteiger partial charge in [0.25, 0.3) is 0 Å². The van der Waals surface area contributed by atoms with Crippen LogP contribution in [0, 0.1) is 5.41 Å². The molecule has 2 rings (SSSR count). The monoisotopic (exact) mass is 317 g/mol. The minimum atomic E-state index is -0.149. The van der Waals surface area contributed by atoms with Crippen LogP contribution in [0.25, 0.3) is 0 Å². The van der Waals surface area contributed by atoms with Crippen molar-refractivity contribution < 1.29 is 9.53 Å². The lowest BCUT2D eigenvalue weighted by molar-refractivity contribution is 0.0596. The molecule has 1 unspecified atom stereocenters. The number of carbonyl (C=O) groups excluding carboxylic acids is 1. The van der Waals surface area contributed by atoms with E-state index in [9.17, 15) is 4.79 Å². The first-order valence-corrected chi connectivity index (χ1v) is 8.94. The zero-order chi connectivity index (χ0) is 16.9. The molecule has 1 aromatic rings. The number of benzene rings is 1. The lowest BCUT2D eigenvalue weighted by Crippen LogP contribution is -2.35. The van der Waals surface area contributed by atoms with Crippen molar-refractivity contribution in [2.75, 3.05) is 13.1 Å². The molecule has 1 aromatic carbocycles. The van der Waals surface area contributed by atoms with E-state index in [2.05, 4.69) is 45.9 Å². The molecule has 3 nitrogen and oxygen atoms in total. The van der Waals surface area contributed by atoms with Crippen LogP contribution < -0.4 is 0 Å². The van der Waals surface area contributed by atoms with Crippen LogP contribution in [0.15, 0.2) is 24.3 Å². The fourth-order valence-corrected chi connectivity index (χ4v) is 2.95. The van der Waals surface area contributed by atoms with Crippen molar-refractivity contribution in [2.24, 2.45) is 5.41 Å². The summed E-state index contributed by atoms with van der Waals surface area (Å²) in [6, 6.07) is 8.31. The normalized spacial score (nSPS) is 17.0. The molecule has 1 aliphatic rings. The van der Waals surface area contributed by atoms with Gasteiger partial charge in [0.05, 0.1) is 0 Å². The first-order chi connectivity index (χ1) is 10.9. The van der Waals surface area contributed by atoms with Gasteiger partial charge >= 0.3 is 6.09 Å². The highest BCUT2D eigenvalue weighted by Gasteiger charge is 2.27. The van der Waals surface area contributed by atoms with Gasteiger partial charge in [-0.1, -0.05) is 58.4 Å². The topological polar surface area (TPSA) is 29.5 Å². The molecular formula is C20H31NO2. The molecule has 0 saturated heterocycles. The molecule has 0 fully saturated rings. The summed E-state index contributed by atoms with van der Waals surface area (Å²) in [6.45, 7) is 10.4. The number of rotatable bonds is 6. The summed E-state index contributed by atoms with van der Waals surface area (Å²) in [6.07, 6.45) is 4.80. The van der Waals surface area contributed by atoms with Gasteiger partial charge in [-0.05, 0) is 42.2 Å². The molecule has 128 valence electrons. The van der Waals surface area contributed by atoms with Gasteiger partial charge in [0, 0.05) is 13.1 Å². The van der Waals surface area contributed by atoms with E-state index in [0.29, 0.717) is 0 Å². The molecule has 3 heteroatoms. The van der Waals surface area contributed by atoms with Crippen molar-refractivity contribution >= 4 is 6.09 Å². The number of hydrogen-bond acceptors (Lipinski definition) is 2. The molecule has 1 aliphatic carbocycles. The zero-order valence-corrected chi connectivity index (χ0v) is 15.1. The standard InChI is InChI=1S/C20H31NO2/c1-5-6-14-21(15-13-20(2,3)4)19(22)23-18-12-11-16-9-7-8-10-17(16)18/h7-10,18H,5-6,11-15H2,1-4H3. The summed E-state index contributed by atoms with van der Waals surface area (Å²) < 4.78 is 5.85. The third kappa shape index (κ3) is 5.26. The van der Waals surface area contributed by atoms with Gasteiger partial charge in [-0.2, -0.15) is 0 Å². The minimum Gasteiger partial charge on any atom is -0.441 e. The van der Waals surface area contributed by atoms with Gasteiger partial charge in [0.1, 0.15) is 6.10 Å². The van der Waals surface area contributed by atoms with E-state index >= 15 is 0 Å². The number of carbonyl (C=O) groups is 1. The maximum atomic E-state index is 12.6. The predicted octanol–water partition coefficient (Wildman–Crippen LogP) is 5.35. The van der Waals surface area contributed by atoms with E-state index in [-0.39, 0.29) is 17.6 Å². The highest BCUT2D eigenvalue weighted by molar-refractivity contribution is 5.68. The summed E-state index contributed by atoms with van der Waals surface area (Å²) in [5, 5.41) is 0. The van der Waals surface area contributed by atoms with Crippen LogP contribution in [-0.4, -0.2) is 24.1 Å². The van der Waals surface area contributed by atoms with Gasteiger partial charge in [0.15, 0.2) is 0 Å². The van der Waals surface area contributed by atoms with Crippen molar-refractivity contribution in [3.63, 3.8) is 0 Å². The third-order valence-corrected chi connectivity index (χ3v) is 4.49. The van der Waals surface area contributed by atoms with Gasteiger partial charge in [-0.15, -0.1) is 0 Å². The Morgan fingerprint density at radius 1 is 1.26 bits per heavy atom. The number of unbranched alkanes of at least 4 members (excludes halogenated alkanes) is 1. The lowest BCUT2D eigenvalue weighted by atomic mass is 9.92. The Hall–Kier alpha value is -1.51. The summed E-state index contributed by atoms with van der Waals surface area (Å²) in [4.78, 5) is 14.5. The Balaban J connectivity index is 1.97. The number of nitrogens with zero attached hydrogens (tertiary/aromatic N) is 1. The van der Waals surface area contributed by atoms with Crippen LogP contribution >= 0.6 is 0 Å². The Bertz CT molecular complexity index is 519. The van der Waals surface area contributed by atoms with Gasteiger partial charge in [-0.25, -0.2) is 4.79 Å². The fraction of sp³-hybridized carbons (Fsp3) is 0.650. The molecule has 0 bridgehead atoms. The Morgan fingerprint density at radius 2 is 2.00 bits per heavy atom. The van der Waals surface area contributed by atoms with Crippen LogP contribution in [0.5, 0.6) is 0 Å². The van der Waals surface area contributed by atoms with Crippen molar-refractivity contribution in [3.8, 4) is 0 Å². The predicted molar refractivity (Wildman–Crippen MR) is 94.5 cm³/mol. The van der Waals surface area contributed by atoms with Crippen molar-refractivity contribution in [2.45, 2.75) is 65.9 Å². The lowest BCUT2D eigenvalue weighted by Gasteiger charge is -2.27. The van der Waals surface area contributed by atoms with E-state index < -0.39 is 0 Å². The molecule has 0 N–H and O–H groups in total. The molecule has 0 spiro atoms. The van der Waals surface area contributed by atoms with Crippen LogP contribution in [0.4, 0.5) is 4.79 Å². The smallest absolute Gasteiger partial charge is 0.410 e. The summed E-state index contributed by atoms with van der Waals surface area (Å²) in [5.41, 5.74) is 2.73. The molecule has 0 aromatic heterocycles. The van der Waals surface area contributed by atoms with E-state index in [1.54, 1.807) is 0 Å². The average Bonchev–Trinajstić information content (AvgIpc) is 2.89. The molecule has 0 heterocycles. The Morgan fingerprint density at radius 3 is 2.70 bits per heavy atom. The van der Waals surface area contributed by atoms with Crippen molar-refractivity contribution in [1.29, 1.82) is 0 Å². The molecule has 1 amide bonds. The van der Waals surface area contributed by atoms with Gasteiger partial charge in [-0.3, -0.25) is 0 Å². The molecule has 0 radical (unpaired) electrons. The Kier molecular flexibility index (Phi) is 6.09. The van der Waals surface area contributed by atoms with Crippen LogP contribution in [0.2, 0.25) is 0 Å². The summed E-state index contributed by atoms with van der Waals surface area (Å²) >= 11 is 0. The maximum absolute atomic E-state index is 12.6. The average molecular weight is 317 g/mol. The van der Waals surface area contributed by atoms with E-state index in [0.717, 1.165) is 45.2 Å². The highest BCUT2D eigenvalue weighted by atomic mass is 16.6. The largest absolute Gasteiger partial charge is 0.441 e. The minimum absolute atomic E-state index is 0.0718. The molecule has 1 atom stereocenters. The van der Waals surface area contributed by atoms with E-state index in [1.165, 1.54) is 11.1 Å². The second kappa shape index (κ2) is 7.85. The number of aryl methyl sites for hydroxylation is 1. The second-order valence-electron chi connectivity index (χ2n) is 7.76. The van der Waals surface area contributed by atoms with Crippen molar-refractivity contribution in [1.82, 2.24) is 4.90 Å². The van der Waals surface area contributed by atoms with Crippen LogP contribution in [-0.2, 0) is 11.2 Å². The van der Waals surface area contributed by atoms with Gasteiger partial charge < -0.3 is 9.64 Å². The fourth-order valence-electron chi connectivity index (χ4n) is 2.95. The Labute approximate surface area is 141 Å².